The summed E-state index contributed by atoms with van der Waals surface area (Å²) in [5, 5.41) is 4.06. The average molecular weight is 413 g/mol. The highest BCUT2D eigenvalue weighted by atomic mass is 16.5. The Morgan fingerprint density at radius 3 is 2.55 bits per heavy atom. The molecule has 6 nitrogen and oxygen atoms in total. The molecule has 3 aromatic carbocycles. The highest BCUT2D eigenvalue weighted by Gasteiger charge is 2.34. The third-order valence-electron chi connectivity index (χ3n) is 5.06. The van der Waals surface area contributed by atoms with Gasteiger partial charge in [0.1, 0.15) is 12.4 Å². The molecule has 4 rings (SSSR count). The van der Waals surface area contributed by atoms with Gasteiger partial charge in [0.05, 0.1) is 12.1 Å². The van der Waals surface area contributed by atoms with Crippen molar-refractivity contribution in [1.82, 2.24) is 5.43 Å². The summed E-state index contributed by atoms with van der Waals surface area (Å²) >= 11 is 0. The van der Waals surface area contributed by atoms with Gasteiger partial charge in [0.2, 0.25) is 11.8 Å². The molecule has 0 saturated carbocycles. The molecule has 0 aliphatic carbocycles. The van der Waals surface area contributed by atoms with E-state index in [9.17, 15) is 9.59 Å². The van der Waals surface area contributed by atoms with E-state index in [0.717, 1.165) is 22.6 Å². The molecule has 1 fully saturated rings. The van der Waals surface area contributed by atoms with Gasteiger partial charge in [-0.15, -0.1) is 0 Å². The number of ether oxygens (including phenoxy) is 1. The Morgan fingerprint density at radius 1 is 1.03 bits per heavy atom. The highest BCUT2D eigenvalue weighted by molar-refractivity contribution is 6.00. The predicted octanol–water partition coefficient (Wildman–Crippen LogP) is 3.77. The van der Waals surface area contributed by atoms with Crippen molar-refractivity contribution in [1.29, 1.82) is 0 Å². The fourth-order valence-electron chi connectivity index (χ4n) is 3.43. The lowest BCUT2D eigenvalue weighted by Crippen LogP contribution is -2.30. The first-order valence-corrected chi connectivity index (χ1v) is 10.1. The number of rotatable bonds is 7. The first-order chi connectivity index (χ1) is 15.2. The maximum Gasteiger partial charge on any atom is 0.245 e. The summed E-state index contributed by atoms with van der Waals surface area (Å²) in [6, 6.07) is 26.8. The molecule has 156 valence electrons. The minimum atomic E-state index is -0.426. The molecule has 0 aromatic heterocycles. The molecule has 1 saturated heterocycles. The van der Waals surface area contributed by atoms with Crippen LogP contribution in [-0.2, 0) is 16.2 Å². The Morgan fingerprint density at radius 2 is 1.77 bits per heavy atom. The minimum absolute atomic E-state index is 0.0569. The number of amides is 2. The van der Waals surface area contributed by atoms with Crippen LogP contribution in [0, 0.1) is 5.92 Å². The number of hydrogen-bond acceptors (Lipinski definition) is 4. The summed E-state index contributed by atoms with van der Waals surface area (Å²) in [5.41, 5.74) is 5.25. The normalized spacial score (nSPS) is 15.9. The van der Waals surface area contributed by atoms with Gasteiger partial charge in [0.25, 0.3) is 0 Å². The monoisotopic (exact) mass is 413 g/mol. The van der Waals surface area contributed by atoms with E-state index in [-0.39, 0.29) is 18.2 Å². The minimum Gasteiger partial charge on any atom is -0.489 e. The molecule has 1 heterocycles. The zero-order valence-electron chi connectivity index (χ0n) is 17.0. The van der Waals surface area contributed by atoms with Crippen molar-refractivity contribution in [3.05, 3.63) is 96.1 Å². The highest BCUT2D eigenvalue weighted by Crippen LogP contribution is 2.24. The van der Waals surface area contributed by atoms with Gasteiger partial charge in [-0.1, -0.05) is 60.7 Å². The van der Waals surface area contributed by atoms with Crippen LogP contribution >= 0.6 is 0 Å². The second kappa shape index (κ2) is 9.71. The fourth-order valence-corrected chi connectivity index (χ4v) is 3.43. The number of hydrazone groups is 1. The molecule has 1 aliphatic rings. The molecule has 1 aliphatic heterocycles. The van der Waals surface area contributed by atoms with Gasteiger partial charge < -0.3 is 9.64 Å². The molecule has 1 N–H and O–H groups in total. The summed E-state index contributed by atoms with van der Waals surface area (Å²) in [6.07, 6.45) is 1.75. The molecule has 3 aromatic rings. The van der Waals surface area contributed by atoms with Crippen molar-refractivity contribution in [3.63, 3.8) is 0 Å². The first-order valence-electron chi connectivity index (χ1n) is 10.1. The average Bonchev–Trinajstić information content (AvgIpc) is 3.21. The number of carbonyl (C=O) groups excluding carboxylic acids is 2. The Labute approximate surface area is 181 Å². The van der Waals surface area contributed by atoms with Crippen LogP contribution in [0.2, 0.25) is 0 Å². The first kappa shape index (κ1) is 20.3. The number of anilines is 1. The summed E-state index contributed by atoms with van der Waals surface area (Å²) in [5.74, 6) is -0.0254. The Balaban J connectivity index is 1.30. The molecular formula is C25H23N3O3. The molecule has 6 heteroatoms. The van der Waals surface area contributed by atoms with E-state index in [0.29, 0.717) is 13.2 Å². The topological polar surface area (TPSA) is 71.0 Å². The summed E-state index contributed by atoms with van der Waals surface area (Å²) in [7, 11) is 0. The van der Waals surface area contributed by atoms with Crippen molar-refractivity contribution in [2.75, 3.05) is 11.4 Å². The van der Waals surface area contributed by atoms with Gasteiger partial charge in [-0.2, -0.15) is 5.10 Å². The van der Waals surface area contributed by atoms with Gasteiger partial charge in [-0.05, 0) is 35.4 Å². The second-order valence-electron chi connectivity index (χ2n) is 7.32. The van der Waals surface area contributed by atoms with E-state index in [1.54, 1.807) is 11.1 Å². The van der Waals surface area contributed by atoms with E-state index in [4.69, 9.17) is 4.74 Å². The SMILES string of the molecule is O=C(N/N=C\c1cccc(OCc2ccccc2)c1)[C@@H]1CC(=O)N(c2ccccc2)C1. The number of nitrogens with zero attached hydrogens (tertiary/aromatic N) is 2. The van der Waals surface area contributed by atoms with Gasteiger partial charge in [-0.25, -0.2) is 5.43 Å². The lowest BCUT2D eigenvalue weighted by atomic mass is 10.1. The van der Waals surface area contributed by atoms with Crippen molar-refractivity contribution in [2.24, 2.45) is 11.0 Å². The van der Waals surface area contributed by atoms with Crippen LogP contribution in [0.1, 0.15) is 17.5 Å². The summed E-state index contributed by atoms with van der Waals surface area (Å²) < 4.78 is 5.82. The van der Waals surface area contributed by atoms with Gasteiger partial charge in [0.15, 0.2) is 0 Å². The molecule has 2 amide bonds. The third-order valence-corrected chi connectivity index (χ3v) is 5.06. The van der Waals surface area contributed by atoms with Crippen LogP contribution < -0.4 is 15.1 Å². The Kier molecular flexibility index (Phi) is 6.38. The molecule has 0 radical (unpaired) electrons. The maximum atomic E-state index is 12.5. The van der Waals surface area contributed by atoms with Gasteiger partial charge >= 0.3 is 0 Å². The van der Waals surface area contributed by atoms with E-state index in [2.05, 4.69) is 10.5 Å². The van der Waals surface area contributed by atoms with Crippen molar-refractivity contribution in [2.45, 2.75) is 13.0 Å². The fraction of sp³-hybridized carbons (Fsp3) is 0.160. The summed E-state index contributed by atoms with van der Waals surface area (Å²) in [4.78, 5) is 26.4. The molecular weight excluding hydrogens is 390 g/mol. The van der Waals surface area contributed by atoms with Crippen LogP contribution in [0.25, 0.3) is 0 Å². The maximum absolute atomic E-state index is 12.5. The van der Waals surface area contributed by atoms with Crippen molar-refractivity contribution >= 4 is 23.7 Å². The number of nitrogens with one attached hydrogen (secondary N) is 1. The number of para-hydroxylation sites is 1. The lowest BCUT2D eigenvalue weighted by Gasteiger charge is -2.16. The lowest BCUT2D eigenvalue weighted by molar-refractivity contribution is -0.126. The molecule has 0 spiro atoms. The van der Waals surface area contributed by atoms with Crippen LogP contribution in [-0.4, -0.2) is 24.6 Å². The number of hydrogen-bond donors (Lipinski definition) is 1. The summed E-state index contributed by atoms with van der Waals surface area (Å²) in [6.45, 7) is 0.832. The van der Waals surface area contributed by atoms with Crippen molar-refractivity contribution in [3.8, 4) is 5.75 Å². The van der Waals surface area contributed by atoms with Gasteiger partial charge in [-0.3, -0.25) is 9.59 Å². The molecule has 1 atom stereocenters. The van der Waals surface area contributed by atoms with Crippen LogP contribution in [0.3, 0.4) is 0 Å². The van der Waals surface area contributed by atoms with Crippen LogP contribution in [0.5, 0.6) is 5.75 Å². The largest absolute Gasteiger partial charge is 0.489 e. The third kappa shape index (κ3) is 5.36. The molecule has 31 heavy (non-hydrogen) atoms. The Hall–Kier alpha value is -3.93. The molecule has 0 bridgehead atoms. The standard InChI is InChI=1S/C25H23N3O3/c29-24-15-21(17-28(24)22-11-5-2-6-12-22)25(30)27-26-16-20-10-7-13-23(14-20)31-18-19-8-3-1-4-9-19/h1-14,16,21H,15,17-18H2,(H,27,30)/b26-16-/t21-/m1/s1. The van der Waals surface area contributed by atoms with E-state index in [1.165, 1.54) is 0 Å². The smallest absolute Gasteiger partial charge is 0.245 e. The van der Waals surface area contributed by atoms with E-state index in [1.807, 2.05) is 84.9 Å². The number of carbonyl (C=O) groups is 2. The number of benzene rings is 3. The zero-order chi connectivity index (χ0) is 21.5. The van der Waals surface area contributed by atoms with Crippen LogP contribution in [0.4, 0.5) is 5.69 Å². The predicted molar refractivity (Wildman–Crippen MR) is 120 cm³/mol. The second-order valence-corrected chi connectivity index (χ2v) is 7.32. The van der Waals surface area contributed by atoms with Crippen LogP contribution in [0.15, 0.2) is 90.0 Å². The van der Waals surface area contributed by atoms with Crippen molar-refractivity contribution < 1.29 is 14.3 Å². The van der Waals surface area contributed by atoms with E-state index < -0.39 is 5.92 Å². The quantitative estimate of drug-likeness (QED) is 0.473. The Bertz CT molecular complexity index is 1070. The van der Waals surface area contributed by atoms with E-state index >= 15 is 0 Å². The van der Waals surface area contributed by atoms with Gasteiger partial charge in [0, 0.05) is 18.7 Å². The molecule has 0 unspecified atom stereocenters. The zero-order valence-corrected chi connectivity index (χ0v) is 17.0.